The van der Waals surface area contributed by atoms with Crippen LogP contribution in [0.5, 0.6) is 11.5 Å². The van der Waals surface area contributed by atoms with Crippen molar-refractivity contribution in [2.24, 2.45) is 5.92 Å². The van der Waals surface area contributed by atoms with E-state index in [4.69, 9.17) is 21.1 Å². The number of aromatic nitrogens is 1. The summed E-state index contributed by atoms with van der Waals surface area (Å²) in [7, 11) is 3.18. The third-order valence-corrected chi connectivity index (χ3v) is 6.29. The molecule has 2 atom stereocenters. The van der Waals surface area contributed by atoms with Gasteiger partial charge in [0.2, 0.25) is 5.91 Å². The molecular weight excluding hydrogens is 454 g/mol. The molecule has 2 aromatic carbocycles. The van der Waals surface area contributed by atoms with Crippen molar-refractivity contribution in [1.82, 2.24) is 15.2 Å². The molecule has 1 aliphatic rings. The van der Waals surface area contributed by atoms with Crippen LogP contribution >= 0.6 is 11.6 Å². The number of halogens is 1. The minimum absolute atomic E-state index is 0.146. The molecule has 4 rings (SSSR count). The second-order valence-corrected chi connectivity index (χ2v) is 8.51. The Labute approximate surface area is 203 Å². The van der Waals surface area contributed by atoms with Gasteiger partial charge in [0.25, 0.3) is 5.91 Å². The molecule has 8 heteroatoms. The van der Waals surface area contributed by atoms with Gasteiger partial charge in [-0.15, -0.1) is 0 Å². The van der Waals surface area contributed by atoms with Crippen LogP contribution in [-0.2, 0) is 11.3 Å². The van der Waals surface area contributed by atoms with Crippen LogP contribution in [0.15, 0.2) is 66.9 Å². The Morgan fingerprint density at radius 1 is 1.06 bits per heavy atom. The zero-order valence-electron chi connectivity index (χ0n) is 19.0. The number of benzene rings is 2. The lowest BCUT2D eigenvalue weighted by Gasteiger charge is -2.21. The number of methoxy groups -OCH3 is 2. The number of ether oxygens (including phenoxy) is 2. The normalized spacial score (nSPS) is 17.3. The van der Waals surface area contributed by atoms with Crippen molar-refractivity contribution in [3.63, 3.8) is 0 Å². The molecule has 0 aliphatic carbocycles. The molecule has 1 aromatic heterocycles. The van der Waals surface area contributed by atoms with E-state index in [1.54, 1.807) is 49.6 Å². The van der Waals surface area contributed by atoms with Crippen molar-refractivity contribution in [2.45, 2.75) is 12.5 Å². The number of pyridine rings is 1. The van der Waals surface area contributed by atoms with Crippen LogP contribution < -0.4 is 14.8 Å². The smallest absolute Gasteiger partial charge is 0.253 e. The highest BCUT2D eigenvalue weighted by molar-refractivity contribution is 6.30. The number of amides is 2. The van der Waals surface area contributed by atoms with Gasteiger partial charge in [0.05, 0.1) is 32.4 Å². The minimum atomic E-state index is -0.471. The highest BCUT2D eigenvalue weighted by atomic mass is 35.5. The minimum Gasteiger partial charge on any atom is -0.497 e. The molecule has 1 saturated heterocycles. The monoisotopic (exact) mass is 479 g/mol. The standard InChI is InChI=1S/C26H26ClN3O4/c1-33-20-10-11-24(34-2)21(13-20)22-15-30(26(32)17-6-8-18(27)9-7-17)16-23(22)25(31)29-14-19-5-3-4-12-28-19/h3-13,22-23H,14-16H2,1-2H3,(H,29,31). The van der Waals surface area contributed by atoms with Crippen LogP contribution in [0.25, 0.3) is 0 Å². The fourth-order valence-corrected chi connectivity index (χ4v) is 4.39. The van der Waals surface area contributed by atoms with Gasteiger partial charge < -0.3 is 19.7 Å². The van der Waals surface area contributed by atoms with Gasteiger partial charge in [-0.3, -0.25) is 14.6 Å². The number of carbonyl (C=O) groups excluding carboxylic acids is 2. The Hall–Kier alpha value is -3.58. The van der Waals surface area contributed by atoms with Gasteiger partial charge in [-0.2, -0.15) is 0 Å². The first-order chi connectivity index (χ1) is 16.5. The summed E-state index contributed by atoms with van der Waals surface area (Å²) in [4.78, 5) is 32.6. The second kappa shape index (κ2) is 10.6. The summed E-state index contributed by atoms with van der Waals surface area (Å²) in [6.45, 7) is 0.955. The number of nitrogens with zero attached hydrogens (tertiary/aromatic N) is 2. The van der Waals surface area contributed by atoms with E-state index in [0.29, 0.717) is 35.2 Å². The van der Waals surface area contributed by atoms with Crippen LogP contribution in [0, 0.1) is 5.92 Å². The summed E-state index contributed by atoms with van der Waals surface area (Å²) in [5.41, 5.74) is 2.11. The zero-order valence-corrected chi connectivity index (χ0v) is 19.8. The molecular formula is C26H26ClN3O4. The SMILES string of the molecule is COc1ccc(OC)c(C2CN(C(=O)c3ccc(Cl)cc3)CC2C(=O)NCc2ccccn2)c1. The first-order valence-corrected chi connectivity index (χ1v) is 11.3. The summed E-state index contributed by atoms with van der Waals surface area (Å²) < 4.78 is 11.0. The molecule has 1 N–H and O–H groups in total. The number of carbonyl (C=O) groups is 2. The first kappa shape index (κ1) is 23.6. The van der Waals surface area contributed by atoms with Crippen molar-refractivity contribution in [2.75, 3.05) is 27.3 Å². The number of likely N-dealkylation sites (tertiary alicyclic amines) is 1. The lowest BCUT2D eigenvalue weighted by atomic mass is 9.87. The van der Waals surface area contributed by atoms with Gasteiger partial charge in [-0.25, -0.2) is 0 Å². The number of rotatable bonds is 7. The molecule has 7 nitrogen and oxygen atoms in total. The van der Waals surface area contributed by atoms with Crippen LogP contribution in [0.3, 0.4) is 0 Å². The Bertz CT molecular complexity index is 1150. The van der Waals surface area contributed by atoms with Crippen molar-refractivity contribution in [1.29, 1.82) is 0 Å². The van der Waals surface area contributed by atoms with E-state index in [1.807, 2.05) is 36.4 Å². The van der Waals surface area contributed by atoms with Crippen LogP contribution in [0.2, 0.25) is 5.02 Å². The summed E-state index contributed by atoms with van der Waals surface area (Å²) in [6, 6.07) is 17.8. The maximum Gasteiger partial charge on any atom is 0.253 e. The van der Waals surface area contributed by atoms with Gasteiger partial charge >= 0.3 is 0 Å². The topological polar surface area (TPSA) is 80.8 Å². The van der Waals surface area contributed by atoms with E-state index in [0.717, 1.165) is 11.3 Å². The molecule has 176 valence electrons. The molecule has 3 aromatic rings. The molecule has 2 amide bonds. The average molecular weight is 480 g/mol. The molecule has 0 spiro atoms. The zero-order chi connectivity index (χ0) is 24.1. The van der Waals surface area contributed by atoms with Crippen LogP contribution in [0.4, 0.5) is 0 Å². The lowest BCUT2D eigenvalue weighted by molar-refractivity contribution is -0.125. The van der Waals surface area contributed by atoms with Crippen molar-refractivity contribution < 1.29 is 19.1 Å². The molecule has 2 unspecified atom stereocenters. The summed E-state index contributed by atoms with van der Waals surface area (Å²) in [5.74, 6) is 0.265. The Morgan fingerprint density at radius 3 is 2.53 bits per heavy atom. The van der Waals surface area contributed by atoms with Crippen LogP contribution in [0.1, 0.15) is 27.5 Å². The number of nitrogens with one attached hydrogen (secondary N) is 1. The van der Waals surface area contributed by atoms with E-state index < -0.39 is 5.92 Å². The Balaban J connectivity index is 1.62. The fraction of sp³-hybridized carbons (Fsp3) is 0.269. The maximum absolute atomic E-state index is 13.3. The largest absolute Gasteiger partial charge is 0.497 e. The molecule has 1 aliphatic heterocycles. The first-order valence-electron chi connectivity index (χ1n) is 10.9. The quantitative estimate of drug-likeness (QED) is 0.555. The van der Waals surface area contributed by atoms with Gasteiger partial charge in [-0.1, -0.05) is 17.7 Å². The third-order valence-electron chi connectivity index (χ3n) is 6.04. The van der Waals surface area contributed by atoms with E-state index in [-0.39, 0.29) is 24.3 Å². The maximum atomic E-state index is 13.3. The Kier molecular flexibility index (Phi) is 7.33. The third kappa shape index (κ3) is 5.15. The molecule has 1 fully saturated rings. The van der Waals surface area contributed by atoms with Gasteiger partial charge in [0.1, 0.15) is 11.5 Å². The van der Waals surface area contributed by atoms with Crippen molar-refractivity contribution >= 4 is 23.4 Å². The average Bonchev–Trinajstić information content (AvgIpc) is 3.33. The number of hydrogen-bond acceptors (Lipinski definition) is 5. The van der Waals surface area contributed by atoms with Crippen LogP contribution in [-0.4, -0.2) is 49.0 Å². The van der Waals surface area contributed by atoms with Crippen molar-refractivity contribution in [3.05, 3.63) is 88.7 Å². The predicted molar refractivity (Wildman–Crippen MR) is 129 cm³/mol. The number of hydrogen-bond donors (Lipinski definition) is 1. The molecule has 2 heterocycles. The van der Waals surface area contributed by atoms with E-state index >= 15 is 0 Å². The Morgan fingerprint density at radius 2 is 1.85 bits per heavy atom. The molecule has 34 heavy (non-hydrogen) atoms. The summed E-state index contributed by atoms with van der Waals surface area (Å²) >= 11 is 5.98. The van der Waals surface area contributed by atoms with E-state index in [2.05, 4.69) is 10.3 Å². The summed E-state index contributed by atoms with van der Waals surface area (Å²) in [6.07, 6.45) is 1.69. The highest BCUT2D eigenvalue weighted by Gasteiger charge is 2.42. The second-order valence-electron chi connectivity index (χ2n) is 8.08. The van der Waals surface area contributed by atoms with E-state index in [9.17, 15) is 9.59 Å². The van der Waals surface area contributed by atoms with Crippen molar-refractivity contribution in [3.8, 4) is 11.5 Å². The van der Waals surface area contributed by atoms with Gasteiger partial charge in [0.15, 0.2) is 0 Å². The fourth-order valence-electron chi connectivity index (χ4n) is 4.27. The van der Waals surface area contributed by atoms with Gasteiger partial charge in [-0.05, 0) is 54.6 Å². The highest BCUT2D eigenvalue weighted by Crippen LogP contribution is 2.40. The van der Waals surface area contributed by atoms with E-state index in [1.165, 1.54) is 0 Å². The lowest BCUT2D eigenvalue weighted by Crippen LogP contribution is -2.35. The molecule has 0 saturated carbocycles. The predicted octanol–water partition coefficient (Wildman–Crippen LogP) is 3.92. The molecule has 0 bridgehead atoms. The van der Waals surface area contributed by atoms with Gasteiger partial charge in [0, 0.05) is 41.4 Å². The molecule has 0 radical (unpaired) electrons. The summed E-state index contributed by atoms with van der Waals surface area (Å²) in [5, 5.41) is 3.54.